The first-order valence-electron chi connectivity index (χ1n) is 5.58. The third kappa shape index (κ3) is 4.40. The molecule has 0 aromatic carbocycles. The second-order valence-corrected chi connectivity index (χ2v) is 4.25. The number of hydrogen-bond donors (Lipinski definition) is 2. The molecule has 0 aliphatic carbocycles. The zero-order valence-corrected chi connectivity index (χ0v) is 10.4. The Bertz CT molecular complexity index is 363. The monoisotopic (exact) mass is 237 g/mol. The van der Waals surface area contributed by atoms with Crippen LogP contribution in [0.1, 0.15) is 20.3 Å². The van der Waals surface area contributed by atoms with Crippen molar-refractivity contribution in [2.24, 2.45) is 11.7 Å². The normalized spacial score (nSPS) is 12.3. The van der Waals surface area contributed by atoms with Crippen LogP contribution in [0, 0.1) is 5.92 Å². The van der Waals surface area contributed by atoms with Gasteiger partial charge >= 0.3 is 0 Å². The Kier molecular flexibility index (Phi) is 4.90. The van der Waals surface area contributed by atoms with Crippen LogP contribution < -0.4 is 15.8 Å². The van der Waals surface area contributed by atoms with Crippen LogP contribution in [0.2, 0.25) is 0 Å². The lowest BCUT2D eigenvalue weighted by Crippen LogP contribution is -2.31. The number of nitrogens with two attached hydrogens (primary N) is 1. The number of nitrogens with one attached hydrogen (secondary N) is 1. The van der Waals surface area contributed by atoms with Gasteiger partial charge in [-0.1, -0.05) is 13.8 Å². The fourth-order valence-electron chi connectivity index (χ4n) is 1.24. The number of carbonyl (C=O) groups excluding carboxylic acids is 1. The maximum absolute atomic E-state index is 11.6. The van der Waals surface area contributed by atoms with E-state index in [1.807, 2.05) is 13.8 Å². The van der Waals surface area contributed by atoms with Gasteiger partial charge in [0, 0.05) is 18.5 Å². The lowest BCUT2D eigenvalue weighted by atomic mass is 10.0. The molecule has 1 atom stereocenters. The van der Waals surface area contributed by atoms with Gasteiger partial charge < -0.3 is 15.8 Å². The molecule has 1 aromatic rings. The Hall–Kier alpha value is -1.62. The van der Waals surface area contributed by atoms with Gasteiger partial charge in [-0.3, -0.25) is 4.79 Å². The van der Waals surface area contributed by atoms with E-state index in [1.165, 1.54) is 0 Å². The van der Waals surface area contributed by atoms with E-state index < -0.39 is 0 Å². The number of amides is 1. The lowest BCUT2D eigenvalue weighted by Gasteiger charge is -2.14. The summed E-state index contributed by atoms with van der Waals surface area (Å²) in [5, 5.41) is 2.74. The highest BCUT2D eigenvalue weighted by atomic mass is 16.5. The van der Waals surface area contributed by atoms with Crippen molar-refractivity contribution in [1.29, 1.82) is 0 Å². The van der Waals surface area contributed by atoms with Crippen LogP contribution >= 0.6 is 0 Å². The molecule has 94 valence electrons. The second-order valence-electron chi connectivity index (χ2n) is 4.25. The SMILES string of the molecule is COc1ccc(NC(=O)CC(N)C(C)C)cn1. The van der Waals surface area contributed by atoms with E-state index in [1.54, 1.807) is 25.4 Å². The van der Waals surface area contributed by atoms with Gasteiger partial charge in [-0.25, -0.2) is 4.98 Å². The largest absolute Gasteiger partial charge is 0.481 e. The average Bonchev–Trinajstić information content (AvgIpc) is 2.29. The van der Waals surface area contributed by atoms with Crippen LogP contribution in [0.4, 0.5) is 5.69 Å². The summed E-state index contributed by atoms with van der Waals surface area (Å²) >= 11 is 0. The molecule has 1 rings (SSSR count). The molecule has 0 saturated heterocycles. The molecule has 1 aromatic heterocycles. The van der Waals surface area contributed by atoms with Gasteiger partial charge in [0.05, 0.1) is 19.0 Å². The van der Waals surface area contributed by atoms with Crippen LogP contribution in [-0.4, -0.2) is 24.0 Å². The fourth-order valence-corrected chi connectivity index (χ4v) is 1.24. The first-order valence-corrected chi connectivity index (χ1v) is 5.58. The minimum absolute atomic E-state index is 0.0989. The first kappa shape index (κ1) is 13.4. The Morgan fingerprint density at radius 3 is 2.71 bits per heavy atom. The van der Waals surface area contributed by atoms with Crippen molar-refractivity contribution in [3.05, 3.63) is 18.3 Å². The minimum Gasteiger partial charge on any atom is -0.481 e. The van der Waals surface area contributed by atoms with Gasteiger partial charge in [0.15, 0.2) is 0 Å². The molecule has 1 amide bonds. The van der Waals surface area contributed by atoms with Crippen LogP contribution in [0.15, 0.2) is 18.3 Å². The van der Waals surface area contributed by atoms with Gasteiger partial charge in [-0.2, -0.15) is 0 Å². The molecule has 5 heteroatoms. The number of ether oxygens (including phenoxy) is 1. The van der Waals surface area contributed by atoms with E-state index in [4.69, 9.17) is 10.5 Å². The van der Waals surface area contributed by atoms with E-state index in [9.17, 15) is 4.79 Å². The quantitative estimate of drug-likeness (QED) is 0.811. The van der Waals surface area contributed by atoms with Crippen molar-refractivity contribution < 1.29 is 9.53 Å². The number of methoxy groups -OCH3 is 1. The molecule has 5 nitrogen and oxygen atoms in total. The summed E-state index contributed by atoms with van der Waals surface area (Å²) in [6, 6.07) is 3.31. The number of anilines is 1. The zero-order chi connectivity index (χ0) is 12.8. The molecule has 3 N–H and O–H groups in total. The van der Waals surface area contributed by atoms with E-state index >= 15 is 0 Å². The molecule has 0 aliphatic heterocycles. The summed E-state index contributed by atoms with van der Waals surface area (Å²) in [7, 11) is 1.54. The number of nitrogens with zero attached hydrogens (tertiary/aromatic N) is 1. The number of hydrogen-bond acceptors (Lipinski definition) is 4. The predicted molar refractivity (Wildman–Crippen MR) is 66.8 cm³/mol. The molecular weight excluding hydrogens is 218 g/mol. The van der Waals surface area contributed by atoms with Crippen LogP contribution in [0.5, 0.6) is 5.88 Å². The van der Waals surface area contributed by atoms with Crippen molar-refractivity contribution >= 4 is 11.6 Å². The van der Waals surface area contributed by atoms with Gasteiger partial charge in [0.1, 0.15) is 0 Å². The number of rotatable bonds is 5. The summed E-state index contributed by atoms with van der Waals surface area (Å²) < 4.78 is 4.93. The lowest BCUT2D eigenvalue weighted by molar-refractivity contribution is -0.116. The van der Waals surface area contributed by atoms with Crippen molar-refractivity contribution in [3.8, 4) is 5.88 Å². The van der Waals surface area contributed by atoms with E-state index in [0.29, 0.717) is 18.0 Å². The highest BCUT2D eigenvalue weighted by Crippen LogP contribution is 2.12. The standard InChI is InChI=1S/C12H19N3O2/c1-8(2)10(13)6-11(16)15-9-4-5-12(17-3)14-7-9/h4-5,7-8,10H,6,13H2,1-3H3,(H,15,16). The third-order valence-electron chi connectivity index (χ3n) is 2.51. The Balaban J connectivity index is 2.50. The molecule has 1 heterocycles. The molecule has 0 spiro atoms. The minimum atomic E-state index is -0.124. The summed E-state index contributed by atoms with van der Waals surface area (Å²) in [5.74, 6) is 0.704. The molecule has 0 fully saturated rings. The van der Waals surface area contributed by atoms with E-state index in [-0.39, 0.29) is 17.9 Å². The summed E-state index contributed by atoms with van der Waals surface area (Å²) in [6.07, 6.45) is 1.86. The van der Waals surface area contributed by atoms with Crippen LogP contribution in [0.25, 0.3) is 0 Å². The molecule has 0 aliphatic rings. The van der Waals surface area contributed by atoms with Gasteiger partial charge in [-0.05, 0) is 12.0 Å². The van der Waals surface area contributed by atoms with Gasteiger partial charge in [0.25, 0.3) is 0 Å². The summed E-state index contributed by atoms with van der Waals surface area (Å²) in [5.41, 5.74) is 6.47. The Morgan fingerprint density at radius 2 is 2.24 bits per heavy atom. The topological polar surface area (TPSA) is 77.2 Å². The van der Waals surface area contributed by atoms with Crippen LogP contribution in [0.3, 0.4) is 0 Å². The van der Waals surface area contributed by atoms with Crippen molar-refractivity contribution in [1.82, 2.24) is 4.98 Å². The number of aromatic nitrogens is 1. The van der Waals surface area contributed by atoms with Crippen molar-refractivity contribution in [2.75, 3.05) is 12.4 Å². The predicted octanol–water partition coefficient (Wildman–Crippen LogP) is 1.40. The highest BCUT2D eigenvalue weighted by Gasteiger charge is 2.13. The van der Waals surface area contributed by atoms with Gasteiger partial charge in [0.2, 0.25) is 11.8 Å². The second kappa shape index (κ2) is 6.20. The van der Waals surface area contributed by atoms with Crippen molar-refractivity contribution in [3.63, 3.8) is 0 Å². The summed E-state index contributed by atoms with van der Waals surface area (Å²) in [4.78, 5) is 15.6. The van der Waals surface area contributed by atoms with Crippen LogP contribution in [-0.2, 0) is 4.79 Å². The third-order valence-corrected chi connectivity index (χ3v) is 2.51. The van der Waals surface area contributed by atoms with Gasteiger partial charge in [-0.15, -0.1) is 0 Å². The number of carbonyl (C=O) groups is 1. The average molecular weight is 237 g/mol. The molecule has 0 saturated carbocycles. The fraction of sp³-hybridized carbons (Fsp3) is 0.500. The zero-order valence-electron chi connectivity index (χ0n) is 10.4. The molecule has 0 bridgehead atoms. The number of pyridine rings is 1. The summed E-state index contributed by atoms with van der Waals surface area (Å²) in [6.45, 7) is 3.99. The molecule has 1 unspecified atom stereocenters. The maximum Gasteiger partial charge on any atom is 0.225 e. The van der Waals surface area contributed by atoms with Crippen molar-refractivity contribution in [2.45, 2.75) is 26.3 Å². The molecule has 0 radical (unpaired) electrons. The molecular formula is C12H19N3O2. The highest BCUT2D eigenvalue weighted by molar-refractivity contribution is 5.90. The van der Waals surface area contributed by atoms with E-state index in [0.717, 1.165) is 0 Å². The van der Waals surface area contributed by atoms with E-state index in [2.05, 4.69) is 10.3 Å². The Labute approximate surface area is 101 Å². The smallest absolute Gasteiger partial charge is 0.225 e. The Morgan fingerprint density at radius 1 is 1.53 bits per heavy atom. The molecule has 17 heavy (non-hydrogen) atoms. The maximum atomic E-state index is 11.6. The first-order chi connectivity index (χ1) is 8.02.